The van der Waals surface area contributed by atoms with Crippen molar-refractivity contribution in [3.63, 3.8) is 0 Å². The molecule has 0 radical (unpaired) electrons. The van der Waals surface area contributed by atoms with Crippen molar-refractivity contribution in [3.8, 4) is 11.8 Å². The van der Waals surface area contributed by atoms with Crippen molar-refractivity contribution in [1.82, 2.24) is 9.55 Å². The van der Waals surface area contributed by atoms with Gasteiger partial charge in [0.25, 0.3) is 11.5 Å². The Bertz CT molecular complexity index is 689. The summed E-state index contributed by atoms with van der Waals surface area (Å²) in [5.41, 5.74) is 0.457. The van der Waals surface area contributed by atoms with Crippen LogP contribution in [0, 0.1) is 6.92 Å². The molecule has 0 aliphatic heterocycles. The van der Waals surface area contributed by atoms with Crippen LogP contribution in [0.1, 0.15) is 16.1 Å². The lowest BCUT2D eigenvalue weighted by molar-refractivity contribution is 0.0943. The molecule has 6 nitrogen and oxygen atoms in total. The van der Waals surface area contributed by atoms with Crippen LogP contribution in [0.2, 0.25) is 0 Å². The predicted molar refractivity (Wildman–Crippen MR) is 72.5 cm³/mol. The minimum absolute atomic E-state index is 0.0316. The minimum atomic E-state index is -0.446. The molecule has 0 saturated heterocycles. The zero-order valence-electron chi connectivity index (χ0n) is 11.4. The van der Waals surface area contributed by atoms with E-state index in [0.717, 1.165) is 0 Å². The van der Waals surface area contributed by atoms with E-state index < -0.39 is 5.56 Å². The van der Waals surface area contributed by atoms with Crippen LogP contribution in [-0.2, 0) is 0 Å². The molecule has 0 amide bonds. The van der Waals surface area contributed by atoms with E-state index in [0.29, 0.717) is 17.0 Å². The van der Waals surface area contributed by atoms with E-state index in [1.165, 1.54) is 17.7 Å². The first-order valence-electron chi connectivity index (χ1n) is 5.90. The number of nitrogens with zero attached hydrogens (tertiary/aromatic N) is 2. The Labute approximate surface area is 115 Å². The highest BCUT2D eigenvalue weighted by molar-refractivity contribution is 5.97. The number of benzene rings is 1. The number of hydrogen-bond donors (Lipinski definition) is 0. The second-order valence-corrected chi connectivity index (χ2v) is 4.09. The highest BCUT2D eigenvalue weighted by Gasteiger charge is 2.16. The SMILES string of the molecule is COc1ccc(C(=O)n2c(C)cc(=O)nc2OC)cc1. The third-order valence-electron chi connectivity index (χ3n) is 2.80. The minimum Gasteiger partial charge on any atom is -0.497 e. The van der Waals surface area contributed by atoms with Crippen LogP contribution < -0.4 is 15.0 Å². The number of carbonyl (C=O) groups excluding carboxylic acids is 1. The lowest BCUT2D eigenvalue weighted by Crippen LogP contribution is -2.22. The molecular formula is C14H14N2O4. The maximum Gasteiger partial charge on any atom is 0.306 e. The predicted octanol–water partition coefficient (Wildman–Crippen LogP) is 1.26. The Morgan fingerprint density at radius 1 is 1.15 bits per heavy atom. The van der Waals surface area contributed by atoms with E-state index in [9.17, 15) is 9.59 Å². The monoisotopic (exact) mass is 274 g/mol. The van der Waals surface area contributed by atoms with Crippen LogP contribution in [-0.4, -0.2) is 29.7 Å². The first kappa shape index (κ1) is 13.8. The standard InChI is InChI=1S/C14H14N2O4/c1-9-8-12(17)15-14(20-3)16(9)13(18)10-4-6-11(19-2)7-5-10/h4-8H,1-3H3. The van der Waals surface area contributed by atoms with Crippen LogP contribution in [0.3, 0.4) is 0 Å². The molecule has 1 aromatic carbocycles. The second-order valence-electron chi connectivity index (χ2n) is 4.09. The molecule has 2 aromatic rings. The number of methoxy groups -OCH3 is 2. The average Bonchev–Trinajstić information content (AvgIpc) is 2.46. The second kappa shape index (κ2) is 5.56. The zero-order chi connectivity index (χ0) is 14.7. The summed E-state index contributed by atoms with van der Waals surface area (Å²) in [6, 6.07) is 7.90. The van der Waals surface area contributed by atoms with Gasteiger partial charge in [-0.1, -0.05) is 0 Å². The van der Waals surface area contributed by atoms with Crippen LogP contribution in [0.15, 0.2) is 35.1 Å². The number of carbonyl (C=O) groups is 1. The van der Waals surface area contributed by atoms with Gasteiger partial charge in [0.15, 0.2) is 0 Å². The van der Waals surface area contributed by atoms with E-state index in [4.69, 9.17) is 9.47 Å². The molecule has 2 rings (SSSR count). The van der Waals surface area contributed by atoms with E-state index in [1.54, 1.807) is 38.3 Å². The summed E-state index contributed by atoms with van der Waals surface area (Å²) in [5.74, 6) is 0.331. The molecule has 0 atom stereocenters. The maximum absolute atomic E-state index is 12.5. The lowest BCUT2D eigenvalue weighted by Gasteiger charge is -2.12. The zero-order valence-corrected chi connectivity index (χ0v) is 11.4. The normalized spacial score (nSPS) is 10.2. The molecule has 0 unspecified atom stereocenters. The molecule has 6 heteroatoms. The Hall–Kier alpha value is -2.63. The Morgan fingerprint density at radius 2 is 1.80 bits per heavy atom. The van der Waals surface area contributed by atoms with Gasteiger partial charge in [0.05, 0.1) is 14.2 Å². The number of aryl methyl sites for hydroxylation is 1. The molecule has 1 heterocycles. The van der Waals surface area contributed by atoms with Crippen molar-refractivity contribution >= 4 is 5.91 Å². The Balaban J connectivity index is 2.49. The summed E-state index contributed by atoms with van der Waals surface area (Å²) in [5, 5.41) is 0. The van der Waals surface area contributed by atoms with E-state index >= 15 is 0 Å². The van der Waals surface area contributed by atoms with Crippen LogP contribution >= 0.6 is 0 Å². The van der Waals surface area contributed by atoms with Crippen molar-refractivity contribution in [2.45, 2.75) is 6.92 Å². The molecule has 104 valence electrons. The van der Waals surface area contributed by atoms with E-state index in [2.05, 4.69) is 4.98 Å². The summed E-state index contributed by atoms with van der Waals surface area (Å²) >= 11 is 0. The highest BCUT2D eigenvalue weighted by atomic mass is 16.5. The highest BCUT2D eigenvalue weighted by Crippen LogP contribution is 2.15. The first-order chi connectivity index (χ1) is 9.56. The number of hydrogen-bond acceptors (Lipinski definition) is 5. The van der Waals surface area contributed by atoms with E-state index in [-0.39, 0.29) is 11.9 Å². The molecule has 0 spiro atoms. The molecule has 0 saturated carbocycles. The molecule has 1 aromatic heterocycles. The molecule has 0 fully saturated rings. The molecular weight excluding hydrogens is 260 g/mol. The summed E-state index contributed by atoms with van der Waals surface area (Å²) in [6.07, 6.45) is 0. The van der Waals surface area contributed by atoms with Crippen molar-refractivity contribution in [3.05, 3.63) is 51.9 Å². The Kier molecular flexibility index (Phi) is 3.84. The van der Waals surface area contributed by atoms with Gasteiger partial charge in [0, 0.05) is 17.3 Å². The molecule has 0 aliphatic carbocycles. The molecule has 0 N–H and O–H groups in total. The van der Waals surface area contributed by atoms with Gasteiger partial charge in [0.2, 0.25) is 0 Å². The van der Waals surface area contributed by atoms with Gasteiger partial charge in [0.1, 0.15) is 5.75 Å². The van der Waals surface area contributed by atoms with Crippen LogP contribution in [0.4, 0.5) is 0 Å². The van der Waals surface area contributed by atoms with Gasteiger partial charge in [-0.3, -0.25) is 9.59 Å². The number of aromatic nitrogens is 2. The third-order valence-corrected chi connectivity index (χ3v) is 2.80. The van der Waals surface area contributed by atoms with Crippen molar-refractivity contribution in [2.24, 2.45) is 0 Å². The van der Waals surface area contributed by atoms with Gasteiger partial charge in [-0.05, 0) is 31.2 Å². The summed E-state index contributed by atoms with van der Waals surface area (Å²) in [4.78, 5) is 27.5. The van der Waals surface area contributed by atoms with Gasteiger partial charge < -0.3 is 9.47 Å². The smallest absolute Gasteiger partial charge is 0.306 e. The largest absolute Gasteiger partial charge is 0.497 e. The molecule has 0 bridgehead atoms. The number of rotatable bonds is 3. The quantitative estimate of drug-likeness (QED) is 0.842. The number of ether oxygens (including phenoxy) is 2. The lowest BCUT2D eigenvalue weighted by atomic mass is 10.2. The average molecular weight is 274 g/mol. The molecule has 20 heavy (non-hydrogen) atoms. The van der Waals surface area contributed by atoms with Gasteiger partial charge >= 0.3 is 6.01 Å². The van der Waals surface area contributed by atoms with Gasteiger partial charge in [-0.25, -0.2) is 4.57 Å². The van der Waals surface area contributed by atoms with Crippen LogP contribution in [0.25, 0.3) is 0 Å². The van der Waals surface area contributed by atoms with Crippen molar-refractivity contribution in [2.75, 3.05) is 14.2 Å². The third kappa shape index (κ3) is 2.54. The summed E-state index contributed by atoms with van der Waals surface area (Å²) in [7, 11) is 2.91. The Morgan fingerprint density at radius 3 is 2.35 bits per heavy atom. The summed E-state index contributed by atoms with van der Waals surface area (Å²) < 4.78 is 11.3. The molecule has 0 aliphatic rings. The fourth-order valence-electron chi connectivity index (χ4n) is 1.82. The van der Waals surface area contributed by atoms with Crippen molar-refractivity contribution < 1.29 is 14.3 Å². The fourth-order valence-corrected chi connectivity index (χ4v) is 1.82. The van der Waals surface area contributed by atoms with Gasteiger partial charge in [-0.2, -0.15) is 4.98 Å². The summed E-state index contributed by atoms with van der Waals surface area (Å²) in [6.45, 7) is 1.65. The topological polar surface area (TPSA) is 70.4 Å². The maximum atomic E-state index is 12.5. The van der Waals surface area contributed by atoms with E-state index in [1.807, 2.05) is 0 Å². The van der Waals surface area contributed by atoms with Gasteiger partial charge in [-0.15, -0.1) is 0 Å². The first-order valence-corrected chi connectivity index (χ1v) is 5.90. The van der Waals surface area contributed by atoms with Crippen LogP contribution in [0.5, 0.6) is 11.8 Å². The fraction of sp³-hybridized carbons (Fsp3) is 0.214. The van der Waals surface area contributed by atoms with Crippen molar-refractivity contribution in [1.29, 1.82) is 0 Å².